The van der Waals surface area contributed by atoms with Gasteiger partial charge in [0.05, 0.1) is 11.4 Å². The van der Waals surface area contributed by atoms with E-state index in [4.69, 9.17) is 11.6 Å². The fourth-order valence-corrected chi connectivity index (χ4v) is 2.66. The molecule has 0 unspecified atom stereocenters. The fourth-order valence-electron chi connectivity index (χ4n) is 2.54. The monoisotopic (exact) mass is 339 g/mol. The average Bonchev–Trinajstić information content (AvgIpc) is 2.99. The van der Waals surface area contributed by atoms with Gasteiger partial charge in [0.15, 0.2) is 0 Å². The van der Waals surface area contributed by atoms with E-state index in [0.717, 1.165) is 35.5 Å². The number of aromatic amines is 1. The first-order chi connectivity index (χ1) is 11.7. The van der Waals surface area contributed by atoms with Crippen molar-refractivity contribution in [1.29, 1.82) is 0 Å². The summed E-state index contributed by atoms with van der Waals surface area (Å²) in [6.45, 7) is 2.09. The zero-order chi connectivity index (χ0) is 16.9. The number of carbonyl (C=O) groups is 1. The molecule has 0 aliphatic heterocycles. The van der Waals surface area contributed by atoms with Gasteiger partial charge in [0, 0.05) is 16.1 Å². The number of halogens is 1. The summed E-state index contributed by atoms with van der Waals surface area (Å²) in [6.07, 6.45) is 1.77. The first kappa shape index (κ1) is 16.3. The number of anilines is 1. The number of carbonyl (C=O) groups excluding carboxylic acids is 1. The van der Waals surface area contributed by atoms with Crippen molar-refractivity contribution in [3.05, 3.63) is 70.9 Å². The maximum Gasteiger partial charge on any atom is 0.255 e. The molecule has 24 heavy (non-hydrogen) atoms. The molecule has 1 amide bonds. The Hall–Kier alpha value is -2.59. The maximum absolute atomic E-state index is 12.5. The third kappa shape index (κ3) is 3.49. The summed E-state index contributed by atoms with van der Waals surface area (Å²) in [5.74, 6) is -0.149. The third-order valence-corrected chi connectivity index (χ3v) is 3.99. The van der Waals surface area contributed by atoms with Gasteiger partial charge in [-0.1, -0.05) is 55.3 Å². The van der Waals surface area contributed by atoms with Gasteiger partial charge >= 0.3 is 0 Å². The number of H-pyrrole nitrogens is 1. The largest absolute Gasteiger partial charge is 0.319 e. The Morgan fingerprint density at radius 1 is 1.12 bits per heavy atom. The second-order valence-corrected chi connectivity index (χ2v) is 5.94. The van der Waals surface area contributed by atoms with Crippen molar-refractivity contribution in [2.24, 2.45) is 0 Å². The van der Waals surface area contributed by atoms with E-state index in [1.54, 1.807) is 12.1 Å². The highest BCUT2D eigenvalue weighted by atomic mass is 35.5. The Bertz CT molecular complexity index is 826. The summed E-state index contributed by atoms with van der Waals surface area (Å²) in [7, 11) is 0. The number of hydrogen-bond acceptors (Lipinski definition) is 2. The van der Waals surface area contributed by atoms with Crippen LogP contribution >= 0.6 is 11.6 Å². The van der Waals surface area contributed by atoms with Crippen LogP contribution in [0.3, 0.4) is 0 Å². The molecule has 2 aromatic carbocycles. The molecule has 4 nitrogen and oxygen atoms in total. The van der Waals surface area contributed by atoms with Crippen LogP contribution in [-0.2, 0) is 6.42 Å². The highest BCUT2D eigenvalue weighted by Crippen LogP contribution is 2.30. The van der Waals surface area contributed by atoms with E-state index in [2.05, 4.69) is 22.4 Å². The zero-order valence-electron chi connectivity index (χ0n) is 13.3. The van der Waals surface area contributed by atoms with Gasteiger partial charge in [-0.3, -0.25) is 9.89 Å². The Morgan fingerprint density at radius 2 is 1.83 bits per heavy atom. The minimum atomic E-state index is -0.149. The first-order valence-electron chi connectivity index (χ1n) is 7.88. The molecule has 0 bridgehead atoms. The molecule has 2 N–H and O–H groups in total. The molecule has 0 aliphatic rings. The number of nitrogens with one attached hydrogen (secondary N) is 2. The third-order valence-electron chi connectivity index (χ3n) is 3.73. The molecule has 0 saturated heterocycles. The zero-order valence-corrected chi connectivity index (χ0v) is 14.1. The predicted octanol–water partition coefficient (Wildman–Crippen LogP) is 4.93. The van der Waals surface area contributed by atoms with Crippen LogP contribution in [0.1, 0.15) is 29.4 Å². The number of amides is 1. The van der Waals surface area contributed by atoms with Crippen LogP contribution in [0.15, 0.2) is 54.6 Å². The Morgan fingerprint density at radius 3 is 2.50 bits per heavy atom. The average molecular weight is 340 g/mol. The smallest absolute Gasteiger partial charge is 0.255 e. The molecule has 0 radical (unpaired) electrons. The Labute approximate surface area is 145 Å². The predicted molar refractivity (Wildman–Crippen MR) is 97.4 cm³/mol. The Kier molecular flexibility index (Phi) is 4.96. The van der Waals surface area contributed by atoms with E-state index in [0.29, 0.717) is 10.6 Å². The van der Waals surface area contributed by atoms with Crippen LogP contribution in [0.5, 0.6) is 0 Å². The quantitative estimate of drug-likeness (QED) is 0.692. The SMILES string of the molecule is CCCc1[nH]nc(-c2ccc(Cl)cc2)c1NC(=O)c1ccccc1. The molecule has 3 rings (SSSR count). The van der Waals surface area contributed by atoms with Crippen molar-refractivity contribution >= 4 is 23.2 Å². The number of aryl methyl sites for hydroxylation is 1. The second kappa shape index (κ2) is 7.32. The topological polar surface area (TPSA) is 57.8 Å². The molecule has 3 aromatic rings. The van der Waals surface area contributed by atoms with Crippen LogP contribution in [0.2, 0.25) is 5.02 Å². The number of hydrogen-bond donors (Lipinski definition) is 2. The molecule has 0 atom stereocenters. The van der Waals surface area contributed by atoms with E-state index in [1.807, 2.05) is 42.5 Å². The van der Waals surface area contributed by atoms with Crippen molar-refractivity contribution in [2.75, 3.05) is 5.32 Å². The second-order valence-electron chi connectivity index (χ2n) is 5.50. The maximum atomic E-state index is 12.5. The molecule has 1 aromatic heterocycles. The summed E-state index contributed by atoms with van der Waals surface area (Å²) in [6, 6.07) is 16.6. The van der Waals surface area contributed by atoms with E-state index >= 15 is 0 Å². The number of benzene rings is 2. The normalized spacial score (nSPS) is 10.6. The molecule has 122 valence electrons. The summed E-state index contributed by atoms with van der Waals surface area (Å²) < 4.78 is 0. The van der Waals surface area contributed by atoms with Gasteiger partial charge in [-0.05, 0) is 30.7 Å². The lowest BCUT2D eigenvalue weighted by molar-refractivity contribution is 0.102. The van der Waals surface area contributed by atoms with Crippen LogP contribution in [0.25, 0.3) is 11.3 Å². The van der Waals surface area contributed by atoms with Gasteiger partial charge in [0.25, 0.3) is 5.91 Å². The first-order valence-corrected chi connectivity index (χ1v) is 8.26. The van der Waals surface area contributed by atoms with Gasteiger partial charge in [0.2, 0.25) is 0 Å². The minimum absolute atomic E-state index is 0.149. The number of aromatic nitrogens is 2. The van der Waals surface area contributed by atoms with Gasteiger partial charge in [-0.15, -0.1) is 0 Å². The molecule has 0 saturated carbocycles. The highest BCUT2D eigenvalue weighted by Gasteiger charge is 2.17. The van der Waals surface area contributed by atoms with Crippen LogP contribution in [-0.4, -0.2) is 16.1 Å². The number of nitrogens with zero attached hydrogens (tertiary/aromatic N) is 1. The lowest BCUT2D eigenvalue weighted by atomic mass is 10.1. The van der Waals surface area contributed by atoms with Crippen LogP contribution in [0, 0.1) is 0 Å². The van der Waals surface area contributed by atoms with Crippen LogP contribution in [0.4, 0.5) is 5.69 Å². The van der Waals surface area contributed by atoms with Gasteiger partial charge in [-0.25, -0.2) is 0 Å². The fraction of sp³-hybridized carbons (Fsp3) is 0.158. The van der Waals surface area contributed by atoms with E-state index in [1.165, 1.54) is 0 Å². The van der Waals surface area contributed by atoms with E-state index in [9.17, 15) is 4.79 Å². The number of rotatable bonds is 5. The van der Waals surface area contributed by atoms with Crippen molar-refractivity contribution in [1.82, 2.24) is 10.2 Å². The van der Waals surface area contributed by atoms with Crippen molar-refractivity contribution in [3.8, 4) is 11.3 Å². The molecular weight excluding hydrogens is 322 g/mol. The summed E-state index contributed by atoms with van der Waals surface area (Å²) >= 11 is 5.96. The molecular formula is C19H18ClN3O. The summed E-state index contributed by atoms with van der Waals surface area (Å²) in [4.78, 5) is 12.5. The lowest BCUT2D eigenvalue weighted by Crippen LogP contribution is -2.13. The van der Waals surface area contributed by atoms with Crippen molar-refractivity contribution in [2.45, 2.75) is 19.8 Å². The standard InChI is InChI=1S/C19H18ClN3O/c1-2-6-16-18(21-19(24)14-7-4-3-5-8-14)17(23-22-16)13-9-11-15(20)12-10-13/h3-5,7-12H,2,6H2,1H3,(H,21,24)(H,22,23). The molecule has 0 aliphatic carbocycles. The van der Waals surface area contributed by atoms with E-state index < -0.39 is 0 Å². The minimum Gasteiger partial charge on any atom is -0.319 e. The van der Waals surface area contributed by atoms with Gasteiger partial charge < -0.3 is 5.32 Å². The van der Waals surface area contributed by atoms with E-state index in [-0.39, 0.29) is 5.91 Å². The van der Waals surface area contributed by atoms with Crippen molar-refractivity contribution < 1.29 is 4.79 Å². The van der Waals surface area contributed by atoms with Crippen molar-refractivity contribution in [3.63, 3.8) is 0 Å². The van der Waals surface area contributed by atoms with Gasteiger partial charge in [0.1, 0.15) is 5.69 Å². The molecule has 0 fully saturated rings. The molecule has 5 heteroatoms. The summed E-state index contributed by atoms with van der Waals surface area (Å²) in [5, 5.41) is 11.1. The molecule has 1 heterocycles. The highest BCUT2D eigenvalue weighted by molar-refractivity contribution is 6.30. The van der Waals surface area contributed by atoms with Crippen LogP contribution < -0.4 is 5.32 Å². The summed E-state index contributed by atoms with van der Waals surface area (Å²) in [5.41, 5.74) is 3.89. The lowest BCUT2D eigenvalue weighted by Gasteiger charge is -2.08. The van der Waals surface area contributed by atoms with Gasteiger partial charge in [-0.2, -0.15) is 5.10 Å². The Balaban J connectivity index is 1.96. The molecule has 0 spiro atoms.